The standard InChI is InChI=1S/C14H14N2O2/c1-10(11-6-3-2-4-7-11)16-14(18)12-8-5-9-15-13(12)17/h2-10H,1H3,(H,15,17)(H,16,18)/t10-/m1/s1. The van der Waals surface area contributed by atoms with Crippen LogP contribution >= 0.6 is 0 Å². The lowest BCUT2D eigenvalue weighted by atomic mass is 10.1. The molecule has 1 aromatic heterocycles. The number of hydrogen-bond donors (Lipinski definition) is 2. The molecule has 2 N–H and O–H groups in total. The molecular formula is C14H14N2O2. The maximum Gasteiger partial charge on any atom is 0.260 e. The van der Waals surface area contributed by atoms with Crippen LogP contribution in [0.2, 0.25) is 0 Å². The van der Waals surface area contributed by atoms with Crippen LogP contribution in [-0.2, 0) is 0 Å². The van der Waals surface area contributed by atoms with Gasteiger partial charge >= 0.3 is 0 Å². The number of hydrogen-bond acceptors (Lipinski definition) is 2. The monoisotopic (exact) mass is 242 g/mol. The van der Waals surface area contributed by atoms with Gasteiger partial charge in [-0.1, -0.05) is 30.3 Å². The molecule has 1 amide bonds. The largest absolute Gasteiger partial charge is 0.345 e. The number of nitrogens with one attached hydrogen (secondary N) is 2. The van der Waals surface area contributed by atoms with Gasteiger partial charge in [0.15, 0.2) is 0 Å². The molecule has 1 atom stereocenters. The number of aromatic nitrogens is 1. The molecule has 0 bridgehead atoms. The number of aromatic amines is 1. The maximum atomic E-state index is 11.9. The second-order valence-corrected chi connectivity index (χ2v) is 4.02. The zero-order valence-corrected chi connectivity index (χ0v) is 10.0. The molecule has 0 aliphatic rings. The minimum Gasteiger partial charge on any atom is -0.345 e. The molecule has 0 radical (unpaired) electrons. The van der Waals surface area contributed by atoms with Crippen molar-refractivity contribution in [3.05, 3.63) is 70.1 Å². The van der Waals surface area contributed by atoms with E-state index in [1.807, 2.05) is 37.3 Å². The van der Waals surface area contributed by atoms with Crippen LogP contribution in [0, 0.1) is 0 Å². The van der Waals surface area contributed by atoms with E-state index in [1.54, 1.807) is 6.07 Å². The first-order valence-electron chi connectivity index (χ1n) is 5.72. The van der Waals surface area contributed by atoms with Crippen molar-refractivity contribution in [2.75, 3.05) is 0 Å². The number of H-pyrrole nitrogens is 1. The van der Waals surface area contributed by atoms with Gasteiger partial charge in [-0.3, -0.25) is 9.59 Å². The Morgan fingerprint density at radius 3 is 2.56 bits per heavy atom. The number of rotatable bonds is 3. The lowest BCUT2D eigenvalue weighted by Crippen LogP contribution is -2.31. The van der Waals surface area contributed by atoms with E-state index in [1.165, 1.54) is 12.3 Å². The molecule has 18 heavy (non-hydrogen) atoms. The summed E-state index contributed by atoms with van der Waals surface area (Å²) in [6.45, 7) is 1.88. The summed E-state index contributed by atoms with van der Waals surface area (Å²) in [5.74, 6) is -0.367. The van der Waals surface area contributed by atoms with E-state index >= 15 is 0 Å². The second kappa shape index (κ2) is 5.31. The summed E-state index contributed by atoms with van der Waals surface area (Å²) in [5, 5.41) is 2.79. The topological polar surface area (TPSA) is 62.0 Å². The molecule has 0 spiro atoms. The van der Waals surface area contributed by atoms with Crippen LogP contribution < -0.4 is 10.9 Å². The summed E-state index contributed by atoms with van der Waals surface area (Å²) >= 11 is 0. The van der Waals surface area contributed by atoms with Crippen molar-refractivity contribution in [3.8, 4) is 0 Å². The van der Waals surface area contributed by atoms with E-state index in [-0.39, 0.29) is 23.1 Å². The van der Waals surface area contributed by atoms with Crippen molar-refractivity contribution < 1.29 is 4.79 Å². The maximum absolute atomic E-state index is 11.9. The Balaban J connectivity index is 2.14. The van der Waals surface area contributed by atoms with Crippen LogP contribution in [0.5, 0.6) is 0 Å². The zero-order chi connectivity index (χ0) is 13.0. The van der Waals surface area contributed by atoms with E-state index in [0.29, 0.717) is 0 Å². The number of benzene rings is 1. The first kappa shape index (κ1) is 12.1. The number of pyridine rings is 1. The minimum absolute atomic E-state index is 0.125. The highest BCUT2D eigenvalue weighted by Crippen LogP contribution is 2.11. The molecule has 0 saturated heterocycles. The van der Waals surface area contributed by atoms with Gasteiger partial charge < -0.3 is 10.3 Å². The van der Waals surface area contributed by atoms with Gasteiger partial charge in [-0.2, -0.15) is 0 Å². The Hall–Kier alpha value is -2.36. The zero-order valence-electron chi connectivity index (χ0n) is 10.0. The SMILES string of the molecule is C[C@@H](NC(=O)c1ccc[nH]c1=O)c1ccccc1. The average molecular weight is 242 g/mol. The Kier molecular flexibility index (Phi) is 3.57. The van der Waals surface area contributed by atoms with Gasteiger partial charge in [0.2, 0.25) is 0 Å². The molecule has 0 unspecified atom stereocenters. The molecule has 0 aliphatic heterocycles. The van der Waals surface area contributed by atoms with Crippen molar-refractivity contribution in [2.24, 2.45) is 0 Å². The molecule has 1 heterocycles. The Labute approximate surface area is 105 Å². The summed E-state index contributed by atoms with van der Waals surface area (Å²) < 4.78 is 0. The molecule has 0 saturated carbocycles. The van der Waals surface area contributed by atoms with Crippen LogP contribution in [0.15, 0.2) is 53.5 Å². The quantitative estimate of drug-likeness (QED) is 0.863. The first-order chi connectivity index (χ1) is 8.68. The van der Waals surface area contributed by atoms with Crippen molar-refractivity contribution in [3.63, 3.8) is 0 Å². The second-order valence-electron chi connectivity index (χ2n) is 4.02. The van der Waals surface area contributed by atoms with Crippen LogP contribution in [0.1, 0.15) is 28.9 Å². The molecular weight excluding hydrogens is 228 g/mol. The number of carbonyl (C=O) groups is 1. The third-order valence-corrected chi connectivity index (χ3v) is 2.71. The lowest BCUT2D eigenvalue weighted by molar-refractivity contribution is 0.0938. The molecule has 0 aliphatic carbocycles. The lowest BCUT2D eigenvalue weighted by Gasteiger charge is -2.13. The molecule has 0 fully saturated rings. The van der Waals surface area contributed by atoms with E-state index in [9.17, 15) is 9.59 Å². The van der Waals surface area contributed by atoms with Crippen molar-refractivity contribution in [1.82, 2.24) is 10.3 Å². The minimum atomic E-state index is -0.379. The highest BCUT2D eigenvalue weighted by molar-refractivity contribution is 5.93. The van der Waals surface area contributed by atoms with Gasteiger partial charge in [-0.25, -0.2) is 0 Å². The average Bonchev–Trinajstić information content (AvgIpc) is 2.40. The van der Waals surface area contributed by atoms with Gasteiger partial charge in [0.05, 0.1) is 6.04 Å². The van der Waals surface area contributed by atoms with Crippen molar-refractivity contribution in [2.45, 2.75) is 13.0 Å². The summed E-state index contributed by atoms with van der Waals surface area (Å²) in [5.41, 5.74) is 0.744. The third kappa shape index (κ3) is 2.66. The smallest absolute Gasteiger partial charge is 0.260 e. The van der Waals surface area contributed by atoms with Crippen LogP contribution in [0.4, 0.5) is 0 Å². The fourth-order valence-corrected chi connectivity index (χ4v) is 1.70. The van der Waals surface area contributed by atoms with Gasteiger partial charge in [0.1, 0.15) is 5.56 Å². The normalized spacial score (nSPS) is 11.8. The van der Waals surface area contributed by atoms with Gasteiger partial charge in [0.25, 0.3) is 11.5 Å². The van der Waals surface area contributed by atoms with E-state index in [2.05, 4.69) is 10.3 Å². The molecule has 4 nitrogen and oxygen atoms in total. The predicted octanol–water partition coefficient (Wildman–Crippen LogP) is 1.87. The third-order valence-electron chi connectivity index (χ3n) is 2.71. The van der Waals surface area contributed by atoms with E-state index in [4.69, 9.17) is 0 Å². The molecule has 2 rings (SSSR count). The van der Waals surface area contributed by atoms with Crippen molar-refractivity contribution in [1.29, 1.82) is 0 Å². The van der Waals surface area contributed by atoms with Crippen LogP contribution in [0.3, 0.4) is 0 Å². The van der Waals surface area contributed by atoms with Gasteiger partial charge in [0, 0.05) is 6.20 Å². The Bertz CT molecular complexity index is 590. The highest BCUT2D eigenvalue weighted by Gasteiger charge is 2.13. The highest BCUT2D eigenvalue weighted by atomic mass is 16.2. The fraction of sp³-hybridized carbons (Fsp3) is 0.143. The Morgan fingerprint density at radius 2 is 1.89 bits per heavy atom. The predicted molar refractivity (Wildman–Crippen MR) is 69.4 cm³/mol. The van der Waals surface area contributed by atoms with Crippen LogP contribution in [-0.4, -0.2) is 10.9 Å². The molecule has 4 heteroatoms. The first-order valence-corrected chi connectivity index (χ1v) is 5.72. The Morgan fingerprint density at radius 1 is 1.17 bits per heavy atom. The summed E-state index contributed by atoms with van der Waals surface area (Å²) in [6.07, 6.45) is 1.50. The van der Waals surface area contributed by atoms with E-state index < -0.39 is 0 Å². The van der Waals surface area contributed by atoms with Crippen LogP contribution in [0.25, 0.3) is 0 Å². The molecule has 2 aromatic rings. The molecule has 92 valence electrons. The number of carbonyl (C=O) groups excluding carboxylic acids is 1. The van der Waals surface area contributed by atoms with Crippen molar-refractivity contribution >= 4 is 5.91 Å². The van der Waals surface area contributed by atoms with Gasteiger partial charge in [-0.15, -0.1) is 0 Å². The summed E-state index contributed by atoms with van der Waals surface area (Å²) in [4.78, 5) is 25.9. The van der Waals surface area contributed by atoms with Gasteiger partial charge in [-0.05, 0) is 24.6 Å². The van der Waals surface area contributed by atoms with E-state index in [0.717, 1.165) is 5.56 Å². The number of amides is 1. The summed E-state index contributed by atoms with van der Waals surface area (Å²) in [7, 11) is 0. The fourth-order valence-electron chi connectivity index (χ4n) is 1.70. The summed E-state index contributed by atoms with van der Waals surface area (Å²) in [6, 6.07) is 12.6. The molecule has 1 aromatic carbocycles.